The molecule has 0 aromatic heterocycles. The Bertz CT molecular complexity index is 417. The van der Waals surface area contributed by atoms with Gasteiger partial charge in [-0.05, 0) is 38.0 Å². The van der Waals surface area contributed by atoms with Gasteiger partial charge in [0.15, 0.2) is 0 Å². The van der Waals surface area contributed by atoms with Gasteiger partial charge in [0.1, 0.15) is 5.75 Å². The van der Waals surface area contributed by atoms with Crippen LogP contribution in [0.1, 0.15) is 33.1 Å². The molecule has 1 fully saturated rings. The van der Waals surface area contributed by atoms with Gasteiger partial charge in [-0.3, -0.25) is 0 Å². The van der Waals surface area contributed by atoms with Gasteiger partial charge in [0.05, 0.1) is 6.61 Å². The van der Waals surface area contributed by atoms with Crippen molar-refractivity contribution >= 4 is 23.1 Å². The highest BCUT2D eigenvalue weighted by atomic mass is 32.2. The van der Waals surface area contributed by atoms with Crippen molar-refractivity contribution in [3.8, 4) is 5.75 Å². The van der Waals surface area contributed by atoms with Gasteiger partial charge in [-0.2, -0.15) is 11.8 Å². The van der Waals surface area contributed by atoms with Gasteiger partial charge in [-0.1, -0.05) is 6.92 Å². The minimum atomic E-state index is 0.356. The molecule has 0 amide bonds. The summed E-state index contributed by atoms with van der Waals surface area (Å²) >= 11 is 2.06. The summed E-state index contributed by atoms with van der Waals surface area (Å²) in [5.41, 5.74) is 7.73. The SMILES string of the molecule is CCCOc1cc(N)cc(NCC2(C)CCCS2)c1. The monoisotopic (exact) mass is 280 g/mol. The summed E-state index contributed by atoms with van der Waals surface area (Å²) in [6.07, 6.45) is 3.61. The second-order valence-corrected chi connectivity index (χ2v) is 7.08. The number of thioether (sulfide) groups is 1. The van der Waals surface area contributed by atoms with Crippen LogP contribution < -0.4 is 15.8 Å². The Hall–Kier alpha value is -1.03. The average Bonchev–Trinajstić information content (AvgIpc) is 2.81. The van der Waals surface area contributed by atoms with Crippen molar-refractivity contribution in [3.63, 3.8) is 0 Å². The number of ether oxygens (including phenoxy) is 1. The molecule has 1 atom stereocenters. The van der Waals surface area contributed by atoms with E-state index in [0.29, 0.717) is 4.75 Å². The van der Waals surface area contributed by atoms with Gasteiger partial charge in [-0.25, -0.2) is 0 Å². The highest BCUT2D eigenvalue weighted by Crippen LogP contribution is 2.38. The maximum Gasteiger partial charge on any atom is 0.123 e. The van der Waals surface area contributed by atoms with Crippen LogP contribution in [0.4, 0.5) is 11.4 Å². The first-order valence-corrected chi connectivity index (χ1v) is 8.01. The van der Waals surface area contributed by atoms with E-state index in [-0.39, 0.29) is 0 Å². The predicted molar refractivity (Wildman–Crippen MR) is 85.2 cm³/mol. The van der Waals surface area contributed by atoms with Gasteiger partial charge in [0.25, 0.3) is 0 Å². The van der Waals surface area contributed by atoms with Crippen molar-refractivity contribution in [3.05, 3.63) is 18.2 Å². The first-order valence-electron chi connectivity index (χ1n) is 7.02. The lowest BCUT2D eigenvalue weighted by Crippen LogP contribution is -2.27. The van der Waals surface area contributed by atoms with Crippen LogP contribution in [0, 0.1) is 0 Å². The molecule has 1 saturated heterocycles. The second kappa shape index (κ2) is 6.42. The van der Waals surface area contributed by atoms with Crippen molar-refractivity contribution in [2.75, 3.05) is 30.0 Å². The molecule has 1 aromatic carbocycles. The summed E-state index contributed by atoms with van der Waals surface area (Å²) in [6, 6.07) is 5.89. The third-order valence-corrected chi connectivity index (χ3v) is 4.91. The van der Waals surface area contributed by atoms with Gasteiger partial charge in [0.2, 0.25) is 0 Å². The molecule has 0 spiro atoms. The molecule has 1 unspecified atom stereocenters. The molecule has 1 aromatic rings. The quantitative estimate of drug-likeness (QED) is 0.779. The Morgan fingerprint density at radius 2 is 2.26 bits per heavy atom. The van der Waals surface area contributed by atoms with E-state index in [0.717, 1.165) is 36.7 Å². The summed E-state index contributed by atoms with van der Waals surface area (Å²) in [5.74, 6) is 2.13. The Kier molecular flexibility index (Phi) is 4.86. The van der Waals surface area contributed by atoms with Crippen molar-refractivity contribution < 1.29 is 4.74 Å². The Morgan fingerprint density at radius 1 is 1.42 bits per heavy atom. The highest BCUT2D eigenvalue weighted by Gasteiger charge is 2.29. The van der Waals surface area contributed by atoms with E-state index in [1.165, 1.54) is 18.6 Å². The molecule has 0 aliphatic carbocycles. The minimum absolute atomic E-state index is 0.356. The molecular weight excluding hydrogens is 256 g/mol. The summed E-state index contributed by atoms with van der Waals surface area (Å²) in [5, 5.41) is 3.50. The molecule has 1 aliphatic rings. The Morgan fingerprint density at radius 3 is 2.95 bits per heavy atom. The van der Waals surface area contributed by atoms with Crippen LogP contribution in [-0.4, -0.2) is 23.7 Å². The normalized spacial score (nSPS) is 22.4. The van der Waals surface area contributed by atoms with E-state index in [9.17, 15) is 0 Å². The molecule has 19 heavy (non-hydrogen) atoms. The largest absolute Gasteiger partial charge is 0.493 e. The first-order chi connectivity index (χ1) is 9.11. The topological polar surface area (TPSA) is 47.3 Å². The summed E-state index contributed by atoms with van der Waals surface area (Å²) in [4.78, 5) is 0. The van der Waals surface area contributed by atoms with Crippen LogP contribution in [0.5, 0.6) is 5.75 Å². The van der Waals surface area contributed by atoms with Crippen LogP contribution in [0.3, 0.4) is 0 Å². The summed E-state index contributed by atoms with van der Waals surface area (Å²) in [6.45, 7) is 6.15. The van der Waals surface area contributed by atoms with Crippen LogP contribution in [0.15, 0.2) is 18.2 Å². The zero-order chi connectivity index (χ0) is 13.7. The number of nitrogen functional groups attached to an aromatic ring is 1. The van der Waals surface area contributed by atoms with Gasteiger partial charge >= 0.3 is 0 Å². The third kappa shape index (κ3) is 4.23. The molecule has 0 saturated carbocycles. The number of nitrogens with one attached hydrogen (secondary N) is 1. The lowest BCUT2D eigenvalue weighted by molar-refractivity contribution is 0.318. The smallest absolute Gasteiger partial charge is 0.123 e. The minimum Gasteiger partial charge on any atom is -0.493 e. The van der Waals surface area contributed by atoms with E-state index in [1.54, 1.807) is 0 Å². The van der Waals surface area contributed by atoms with Gasteiger partial charge < -0.3 is 15.8 Å². The summed E-state index contributed by atoms with van der Waals surface area (Å²) in [7, 11) is 0. The number of nitrogens with two attached hydrogens (primary N) is 1. The van der Waals surface area contributed by atoms with Crippen molar-refractivity contribution in [2.45, 2.75) is 37.9 Å². The maximum absolute atomic E-state index is 5.92. The van der Waals surface area contributed by atoms with Crippen LogP contribution in [0.2, 0.25) is 0 Å². The summed E-state index contributed by atoms with van der Waals surface area (Å²) < 4.78 is 6.00. The molecule has 3 nitrogen and oxygen atoms in total. The zero-order valence-electron chi connectivity index (χ0n) is 11.9. The second-order valence-electron chi connectivity index (χ2n) is 5.39. The molecule has 0 radical (unpaired) electrons. The lowest BCUT2D eigenvalue weighted by atomic mass is 10.1. The van der Waals surface area contributed by atoms with Crippen LogP contribution in [-0.2, 0) is 0 Å². The Labute approximate surface area is 120 Å². The molecule has 2 rings (SSSR count). The number of hydrogen-bond donors (Lipinski definition) is 2. The van der Waals surface area contributed by atoms with Crippen LogP contribution in [0.25, 0.3) is 0 Å². The van der Waals surface area contributed by atoms with Crippen molar-refractivity contribution in [1.82, 2.24) is 0 Å². The number of benzene rings is 1. The fourth-order valence-electron chi connectivity index (χ4n) is 2.29. The highest BCUT2D eigenvalue weighted by molar-refractivity contribution is 8.00. The Balaban J connectivity index is 1.97. The molecule has 1 heterocycles. The zero-order valence-corrected chi connectivity index (χ0v) is 12.7. The van der Waals surface area contributed by atoms with E-state index < -0.39 is 0 Å². The maximum atomic E-state index is 5.92. The fourth-order valence-corrected chi connectivity index (χ4v) is 3.54. The van der Waals surface area contributed by atoms with Crippen molar-refractivity contribution in [1.29, 1.82) is 0 Å². The number of anilines is 2. The predicted octanol–water partition coefficient (Wildman–Crippen LogP) is 3.76. The fraction of sp³-hybridized carbons (Fsp3) is 0.600. The van der Waals surface area contributed by atoms with E-state index in [2.05, 4.69) is 30.9 Å². The molecule has 0 bridgehead atoms. The number of rotatable bonds is 6. The lowest BCUT2D eigenvalue weighted by Gasteiger charge is -2.24. The van der Waals surface area contributed by atoms with Gasteiger partial charge in [0, 0.05) is 34.8 Å². The van der Waals surface area contributed by atoms with E-state index in [1.807, 2.05) is 18.2 Å². The van der Waals surface area contributed by atoms with E-state index in [4.69, 9.17) is 10.5 Å². The molecule has 4 heteroatoms. The molecule has 3 N–H and O–H groups in total. The molecular formula is C15H24N2OS. The van der Waals surface area contributed by atoms with Crippen LogP contribution >= 0.6 is 11.8 Å². The van der Waals surface area contributed by atoms with Crippen molar-refractivity contribution in [2.24, 2.45) is 0 Å². The molecule has 1 aliphatic heterocycles. The molecule has 106 valence electrons. The third-order valence-electron chi connectivity index (χ3n) is 3.37. The first kappa shape index (κ1) is 14.4. The standard InChI is InChI=1S/C15H24N2OS/c1-3-6-18-14-9-12(16)8-13(10-14)17-11-15(2)5-4-7-19-15/h8-10,17H,3-7,11,16H2,1-2H3. The van der Waals surface area contributed by atoms with Gasteiger partial charge in [-0.15, -0.1) is 0 Å². The number of hydrogen-bond acceptors (Lipinski definition) is 4. The average molecular weight is 280 g/mol. The van der Waals surface area contributed by atoms with E-state index >= 15 is 0 Å².